The Morgan fingerprint density at radius 2 is 1.56 bits per heavy atom. The smallest absolute Gasteiger partial charge is 0.285 e. The summed E-state index contributed by atoms with van der Waals surface area (Å²) in [7, 11) is 1.60. The number of unbranched alkanes of at least 4 members (excludes halogenated alkanes) is 9. The summed E-state index contributed by atoms with van der Waals surface area (Å²) < 4.78 is 1.73. The van der Waals surface area contributed by atoms with Crippen molar-refractivity contribution in [3.8, 4) is 0 Å². The van der Waals surface area contributed by atoms with Crippen molar-refractivity contribution in [3.63, 3.8) is 0 Å². The van der Waals surface area contributed by atoms with Crippen LogP contribution >= 0.6 is 12.4 Å². The molecule has 0 aromatic carbocycles. The van der Waals surface area contributed by atoms with Gasteiger partial charge in [-0.3, -0.25) is 9.59 Å². The number of rotatable bonds is 14. The molecule has 0 unspecified atom stereocenters. The van der Waals surface area contributed by atoms with E-state index in [-0.39, 0.29) is 30.8 Å². The van der Waals surface area contributed by atoms with Crippen molar-refractivity contribution < 1.29 is 14.2 Å². The first-order valence-corrected chi connectivity index (χ1v) is 10.1. The minimum atomic E-state index is -0.148. The van der Waals surface area contributed by atoms with E-state index in [9.17, 15) is 9.59 Å². The van der Waals surface area contributed by atoms with Crippen LogP contribution in [-0.2, 0) is 11.3 Å². The number of pyridine rings is 1. The Morgan fingerprint density at radius 1 is 0.963 bits per heavy atom. The lowest BCUT2D eigenvalue weighted by Crippen LogP contribution is -2.43. The second-order valence-electron chi connectivity index (χ2n) is 6.88. The monoisotopic (exact) mass is 398 g/mol. The highest BCUT2D eigenvalue weighted by atomic mass is 35.5. The molecular weight excluding hydrogens is 362 g/mol. The zero-order chi connectivity index (χ0) is 19.0. The van der Waals surface area contributed by atoms with Crippen molar-refractivity contribution in [1.82, 2.24) is 10.6 Å². The first-order chi connectivity index (χ1) is 12.7. The van der Waals surface area contributed by atoms with Crippen molar-refractivity contribution in [2.45, 2.75) is 77.7 Å². The lowest BCUT2D eigenvalue weighted by molar-refractivity contribution is -0.684. The molecule has 0 saturated heterocycles. The van der Waals surface area contributed by atoms with Crippen molar-refractivity contribution in [3.05, 3.63) is 30.1 Å². The summed E-state index contributed by atoms with van der Waals surface area (Å²) in [6.07, 6.45) is 16.4. The van der Waals surface area contributed by atoms with Gasteiger partial charge in [-0.15, -0.1) is 12.4 Å². The van der Waals surface area contributed by atoms with Crippen LogP contribution in [0.3, 0.4) is 0 Å². The maximum Gasteiger partial charge on any atom is 0.285 e. The summed E-state index contributed by atoms with van der Waals surface area (Å²) in [4.78, 5) is 23.6. The Hall–Kier alpha value is -1.62. The maximum absolute atomic E-state index is 12.0. The van der Waals surface area contributed by atoms with Gasteiger partial charge in [-0.05, 0) is 12.5 Å². The Kier molecular flexibility index (Phi) is 15.6. The van der Waals surface area contributed by atoms with E-state index < -0.39 is 0 Å². The maximum atomic E-state index is 12.0. The number of nitrogens with zero attached hydrogens (tertiary/aromatic N) is 1. The van der Waals surface area contributed by atoms with E-state index in [4.69, 9.17) is 0 Å². The van der Waals surface area contributed by atoms with Gasteiger partial charge in [0.1, 0.15) is 5.56 Å². The minimum Gasteiger partial charge on any atom is -0.355 e. The van der Waals surface area contributed by atoms with E-state index in [0.29, 0.717) is 5.56 Å². The fourth-order valence-electron chi connectivity index (χ4n) is 2.96. The quantitative estimate of drug-likeness (QED) is 0.370. The van der Waals surface area contributed by atoms with Crippen LogP contribution in [-0.4, -0.2) is 25.4 Å². The highest BCUT2D eigenvalue weighted by Gasteiger charge is 2.12. The second-order valence-corrected chi connectivity index (χ2v) is 6.88. The second kappa shape index (κ2) is 16.5. The molecule has 0 fully saturated rings. The fraction of sp³-hybridized carbons (Fsp3) is 0.667. The van der Waals surface area contributed by atoms with Gasteiger partial charge in [-0.1, -0.05) is 64.7 Å². The highest BCUT2D eigenvalue weighted by Crippen LogP contribution is 2.10. The first kappa shape index (κ1) is 25.4. The predicted molar refractivity (Wildman–Crippen MR) is 112 cm³/mol. The summed E-state index contributed by atoms with van der Waals surface area (Å²) in [5.74, 6) is -0.162. The Balaban J connectivity index is 0.00000676. The van der Waals surface area contributed by atoms with Crippen molar-refractivity contribution in [1.29, 1.82) is 0 Å². The summed E-state index contributed by atoms with van der Waals surface area (Å²) in [6, 6.07) is 3.51. The number of hydrogen-bond donors (Lipinski definition) is 2. The van der Waals surface area contributed by atoms with Gasteiger partial charge in [0.2, 0.25) is 6.54 Å². The zero-order valence-electron chi connectivity index (χ0n) is 17.0. The normalized spacial score (nSPS) is 10.1. The van der Waals surface area contributed by atoms with Gasteiger partial charge in [0, 0.05) is 19.7 Å². The van der Waals surface area contributed by atoms with Crippen molar-refractivity contribution >= 4 is 24.2 Å². The molecule has 154 valence electrons. The number of nitrogens with one attached hydrogen (secondary N) is 2. The van der Waals surface area contributed by atoms with Crippen LogP contribution in [0.5, 0.6) is 0 Å². The van der Waals surface area contributed by atoms with E-state index in [2.05, 4.69) is 17.6 Å². The molecule has 0 atom stereocenters. The molecule has 2 amide bonds. The van der Waals surface area contributed by atoms with Crippen LogP contribution in [0.15, 0.2) is 24.5 Å². The van der Waals surface area contributed by atoms with Crippen LogP contribution in [0.2, 0.25) is 0 Å². The van der Waals surface area contributed by atoms with E-state index in [1.165, 1.54) is 57.8 Å². The van der Waals surface area contributed by atoms with Crippen LogP contribution in [0.25, 0.3) is 0 Å². The molecule has 1 aromatic heterocycles. The molecule has 0 radical (unpaired) electrons. The Bertz CT molecular complexity index is 538. The number of carbonyl (C=O) groups excluding carboxylic acids is 2. The Labute approximate surface area is 170 Å². The third-order valence-corrected chi connectivity index (χ3v) is 4.53. The third kappa shape index (κ3) is 12.4. The topological polar surface area (TPSA) is 62.1 Å². The molecule has 0 spiro atoms. The summed E-state index contributed by atoms with van der Waals surface area (Å²) in [5, 5.41) is 5.54. The first-order valence-electron chi connectivity index (χ1n) is 10.1. The molecule has 27 heavy (non-hydrogen) atoms. The van der Waals surface area contributed by atoms with Crippen LogP contribution in [0.4, 0.5) is 0 Å². The van der Waals surface area contributed by atoms with Gasteiger partial charge in [0.25, 0.3) is 11.8 Å². The van der Waals surface area contributed by atoms with Crippen LogP contribution in [0.1, 0.15) is 81.5 Å². The molecule has 1 aromatic rings. The SMILES string of the molecule is CCCCCCCCCCCCNC(=O)C[n+]1cccc(C(=O)NC)c1.Cl. The van der Waals surface area contributed by atoms with Crippen molar-refractivity contribution in [2.24, 2.45) is 0 Å². The number of hydrogen-bond acceptors (Lipinski definition) is 2. The van der Waals surface area contributed by atoms with Crippen molar-refractivity contribution in [2.75, 3.05) is 13.6 Å². The van der Waals surface area contributed by atoms with Crippen LogP contribution in [0, 0.1) is 0 Å². The largest absolute Gasteiger partial charge is 0.355 e. The molecule has 2 N–H and O–H groups in total. The molecule has 0 aliphatic heterocycles. The fourth-order valence-corrected chi connectivity index (χ4v) is 2.96. The van der Waals surface area contributed by atoms with E-state index in [0.717, 1.165) is 13.0 Å². The molecule has 1 rings (SSSR count). The van der Waals surface area contributed by atoms with Gasteiger partial charge in [0.05, 0.1) is 0 Å². The van der Waals surface area contributed by atoms with E-state index in [1.807, 2.05) is 0 Å². The zero-order valence-corrected chi connectivity index (χ0v) is 17.8. The van der Waals surface area contributed by atoms with E-state index >= 15 is 0 Å². The summed E-state index contributed by atoms with van der Waals surface area (Å²) in [6.45, 7) is 3.22. The number of aromatic nitrogens is 1. The van der Waals surface area contributed by atoms with Gasteiger partial charge in [0.15, 0.2) is 12.4 Å². The van der Waals surface area contributed by atoms with E-state index in [1.54, 1.807) is 36.1 Å². The predicted octanol–water partition coefficient (Wildman–Crippen LogP) is 3.79. The molecule has 0 aliphatic rings. The molecule has 6 heteroatoms. The minimum absolute atomic E-state index is 0. The van der Waals surface area contributed by atoms with Gasteiger partial charge in [-0.2, -0.15) is 4.57 Å². The standard InChI is InChI=1S/C21H35N3O2.ClH/c1-3-4-5-6-7-8-9-10-11-12-15-23-20(25)18-24-16-13-14-19(17-24)21(26)22-2;/h13-14,16-17H,3-12,15,18H2,1-2H3,(H-,22,23,25,26);1H/p+1. The molecule has 0 aliphatic carbocycles. The van der Waals surface area contributed by atoms with Gasteiger partial charge in [-0.25, -0.2) is 0 Å². The number of amides is 2. The molecule has 1 heterocycles. The molecule has 0 bridgehead atoms. The molecule has 0 saturated carbocycles. The average Bonchev–Trinajstić information content (AvgIpc) is 2.65. The summed E-state index contributed by atoms with van der Waals surface area (Å²) >= 11 is 0. The van der Waals surface area contributed by atoms with Gasteiger partial charge >= 0.3 is 0 Å². The lowest BCUT2D eigenvalue weighted by atomic mass is 10.1. The summed E-state index contributed by atoms with van der Waals surface area (Å²) in [5.41, 5.74) is 0.553. The average molecular weight is 399 g/mol. The molecule has 5 nitrogen and oxygen atoms in total. The highest BCUT2D eigenvalue weighted by molar-refractivity contribution is 5.93. The van der Waals surface area contributed by atoms with Crippen LogP contribution < -0.4 is 15.2 Å². The Morgan fingerprint density at radius 3 is 2.15 bits per heavy atom. The van der Waals surface area contributed by atoms with Gasteiger partial charge < -0.3 is 10.6 Å². The number of carbonyl (C=O) groups is 2. The number of halogens is 1. The third-order valence-electron chi connectivity index (χ3n) is 4.53. The molecular formula is C21H37ClN3O2+. The lowest BCUT2D eigenvalue weighted by Gasteiger charge is -2.04.